The van der Waals surface area contributed by atoms with Crippen LogP contribution >= 0.6 is 0 Å². The topological polar surface area (TPSA) is 335 Å². The van der Waals surface area contributed by atoms with Crippen LogP contribution in [0.4, 0.5) is 4.79 Å². The summed E-state index contributed by atoms with van der Waals surface area (Å²) in [6.45, 7) is 9.94. The van der Waals surface area contributed by atoms with Crippen molar-refractivity contribution in [1.29, 1.82) is 0 Å². The monoisotopic (exact) mass is 1130 g/mol. The Morgan fingerprint density at radius 1 is 0.519 bits per heavy atom. The lowest BCUT2D eigenvalue weighted by molar-refractivity contribution is -0.141. The van der Waals surface area contributed by atoms with E-state index in [-0.39, 0.29) is 73.2 Å². The molecule has 2 fully saturated rings. The molecule has 0 aliphatic carbocycles. The fourth-order valence-corrected chi connectivity index (χ4v) is 10.3. The molecule has 4 amide bonds. The molecule has 0 spiro atoms. The Morgan fingerprint density at radius 3 is 1.64 bits per heavy atom. The van der Waals surface area contributed by atoms with Gasteiger partial charge in [-0.25, -0.2) is 14.4 Å². The maximum Gasteiger partial charge on any atom is 0.326 e. The molecule has 2 aliphatic rings. The van der Waals surface area contributed by atoms with Gasteiger partial charge in [0.2, 0.25) is 11.8 Å². The standard InChI is InChI=1S/C59H92N10O12/c1-58-39-60-29-31-62-41-59(66-34-33-65-58,42-63-32-30-61-40-58)38-47(71)22-16-21-46(70)37-45(35-43-17-8-6-9-18-43)54(76)67-50(36-44-19-10-7-11-20-44)51(72)24-12-4-2-3-5-13-25-52(73)64-28-15-14-23-48(55(77)78)68-57(81)69-49(56(79)80)26-27-53(74)75/h6-11,17-20,45,48-50,60-63,65-66H,2-5,12-16,21-42H2,1H3,(H,64,73)(H,67,76)(H,74,75)(H,77,78)(H,79,80)(H2,68,69,81)/t45?,48?,49-,50+,58?,59?/m0/s1. The average Bonchev–Trinajstić information content (AvgIpc) is 3.46. The van der Waals surface area contributed by atoms with Crippen molar-refractivity contribution in [2.75, 3.05) is 72.0 Å². The summed E-state index contributed by atoms with van der Waals surface area (Å²) in [5.74, 6) is -5.35. The van der Waals surface area contributed by atoms with E-state index in [0.29, 0.717) is 84.0 Å². The highest BCUT2D eigenvalue weighted by Gasteiger charge is 2.34. The number of carboxylic acid groups (broad SMARTS) is 3. The van der Waals surface area contributed by atoms with E-state index in [1.165, 1.54) is 0 Å². The predicted octanol–water partition coefficient (Wildman–Crippen LogP) is 2.77. The number of aliphatic carboxylic acids is 3. The molecule has 2 aliphatic heterocycles. The third kappa shape index (κ3) is 28.4. The van der Waals surface area contributed by atoms with E-state index in [9.17, 15) is 53.4 Å². The van der Waals surface area contributed by atoms with E-state index in [1.807, 2.05) is 60.7 Å². The summed E-state index contributed by atoms with van der Waals surface area (Å²) in [6.07, 6.45) is 6.79. The minimum absolute atomic E-state index is 0.0205. The molecule has 4 atom stereocenters. The van der Waals surface area contributed by atoms with Crippen molar-refractivity contribution < 1.29 is 58.5 Å². The van der Waals surface area contributed by atoms with Crippen molar-refractivity contribution in [3.63, 3.8) is 0 Å². The second-order valence-electron chi connectivity index (χ2n) is 22.1. The average molecular weight is 1130 g/mol. The first-order chi connectivity index (χ1) is 38.9. The lowest BCUT2D eigenvalue weighted by atomic mass is 9.88. The number of amides is 4. The van der Waals surface area contributed by atoms with E-state index in [0.717, 1.165) is 82.6 Å². The molecule has 0 aromatic heterocycles. The van der Waals surface area contributed by atoms with Crippen molar-refractivity contribution in [3.8, 4) is 0 Å². The third-order valence-corrected chi connectivity index (χ3v) is 14.9. The summed E-state index contributed by atoms with van der Waals surface area (Å²) >= 11 is 0. The van der Waals surface area contributed by atoms with Crippen LogP contribution in [0.3, 0.4) is 0 Å². The van der Waals surface area contributed by atoms with E-state index >= 15 is 0 Å². The molecule has 450 valence electrons. The summed E-state index contributed by atoms with van der Waals surface area (Å²) in [4.78, 5) is 114. The Morgan fingerprint density at radius 2 is 1.05 bits per heavy atom. The number of hydrogen-bond donors (Lipinski definition) is 13. The Kier molecular flexibility index (Phi) is 31.4. The van der Waals surface area contributed by atoms with E-state index in [2.05, 4.69) is 60.1 Å². The SMILES string of the molecule is CC12CNCCNCC(CC(=O)CCCC(=O)CC(Cc3ccccc3)C(=O)N[C@H](Cc3ccccc3)C(=O)CCCCCCCCC(=O)NCCCCC(NC(=O)N[C@@H](CCC(=O)O)C(=O)O)C(=O)O)(CNCCNC1)NCCN2. The van der Waals surface area contributed by atoms with Gasteiger partial charge in [0.1, 0.15) is 23.7 Å². The summed E-state index contributed by atoms with van der Waals surface area (Å²) in [5.41, 5.74) is 1.16. The fourth-order valence-electron chi connectivity index (χ4n) is 10.3. The number of urea groups is 1. The van der Waals surface area contributed by atoms with Gasteiger partial charge in [-0.15, -0.1) is 0 Å². The number of benzene rings is 2. The predicted molar refractivity (Wildman–Crippen MR) is 308 cm³/mol. The largest absolute Gasteiger partial charge is 0.481 e. The van der Waals surface area contributed by atoms with Gasteiger partial charge in [-0.2, -0.15) is 0 Å². The zero-order valence-corrected chi connectivity index (χ0v) is 47.5. The molecule has 2 unspecified atom stereocenters. The van der Waals surface area contributed by atoms with Crippen LogP contribution in [0, 0.1) is 5.92 Å². The molecular weight excluding hydrogens is 1040 g/mol. The highest BCUT2D eigenvalue weighted by Crippen LogP contribution is 2.20. The molecular formula is C59H92N10O12. The zero-order chi connectivity index (χ0) is 58.7. The van der Waals surface area contributed by atoms with Crippen LogP contribution < -0.4 is 53.2 Å². The molecule has 2 heterocycles. The van der Waals surface area contributed by atoms with Gasteiger partial charge >= 0.3 is 23.9 Å². The summed E-state index contributed by atoms with van der Waals surface area (Å²) in [6, 6.07) is 14.4. The smallest absolute Gasteiger partial charge is 0.326 e. The maximum absolute atomic E-state index is 14.3. The lowest BCUT2D eigenvalue weighted by Gasteiger charge is -2.39. The number of ketones is 3. The van der Waals surface area contributed by atoms with Gasteiger partial charge in [0.25, 0.3) is 0 Å². The fraction of sp³-hybridized carbons (Fsp3) is 0.644. The number of unbranched alkanes of at least 4 members (excludes halogenated alkanes) is 6. The molecule has 2 aromatic rings. The first-order valence-electron chi connectivity index (χ1n) is 29.2. The van der Waals surface area contributed by atoms with Gasteiger partial charge in [0, 0.05) is 128 Å². The number of fused-ring (bicyclic) bond motifs is 5. The second-order valence-corrected chi connectivity index (χ2v) is 22.1. The van der Waals surface area contributed by atoms with Gasteiger partial charge in [-0.3, -0.25) is 28.8 Å². The third-order valence-electron chi connectivity index (χ3n) is 14.9. The van der Waals surface area contributed by atoms with Crippen LogP contribution in [-0.2, 0) is 51.2 Å². The molecule has 2 bridgehead atoms. The molecule has 0 radical (unpaired) electrons. The van der Waals surface area contributed by atoms with Gasteiger partial charge in [-0.1, -0.05) is 86.3 Å². The first-order valence-corrected chi connectivity index (χ1v) is 29.2. The summed E-state index contributed by atoms with van der Waals surface area (Å²) in [7, 11) is 0. The Labute approximate surface area is 477 Å². The number of Topliss-reactive ketones (excluding diaryl/α,β-unsaturated/α-hetero) is 3. The molecule has 22 nitrogen and oxygen atoms in total. The Balaban J connectivity index is 1.20. The quantitative estimate of drug-likeness (QED) is 0.0436. The van der Waals surface area contributed by atoms with Crippen molar-refractivity contribution in [3.05, 3.63) is 71.8 Å². The zero-order valence-electron chi connectivity index (χ0n) is 47.5. The molecule has 2 saturated heterocycles. The lowest BCUT2D eigenvalue weighted by Crippen LogP contribution is -2.64. The first kappa shape index (κ1) is 67.3. The van der Waals surface area contributed by atoms with Crippen LogP contribution in [0.15, 0.2) is 60.7 Å². The highest BCUT2D eigenvalue weighted by molar-refractivity contribution is 5.92. The minimum atomic E-state index is -1.50. The molecule has 4 rings (SSSR count). The van der Waals surface area contributed by atoms with Gasteiger partial charge in [0.15, 0.2) is 5.78 Å². The highest BCUT2D eigenvalue weighted by atomic mass is 16.4. The van der Waals surface area contributed by atoms with Crippen LogP contribution in [0.1, 0.15) is 134 Å². The number of carbonyl (C=O) groups is 9. The second kappa shape index (κ2) is 37.8. The van der Waals surface area contributed by atoms with Crippen molar-refractivity contribution in [2.24, 2.45) is 5.92 Å². The van der Waals surface area contributed by atoms with Crippen LogP contribution in [0.5, 0.6) is 0 Å². The molecule has 2 aromatic carbocycles. The number of nitrogens with one attached hydrogen (secondary N) is 10. The van der Waals surface area contributed by atoms with Crippen LogP contribution in [0.2, 0.25) is 0 Å². The molecule has 0 saturated carbocycles. The molecule has 22 heteroatoms. The van der Waals surface area contributed by atoms with Gasteiger partial charge in [-0.05, 0) is 75.8 Å². The summed E-state index contributed by atoms with van der Waals surface area (Å²) < 4.78 is 0. The normalized spacial score (nSPS) is 19.4. The number of carboxylic acids is 3. The maximum atomic E-state index is 14.3. The van der Waals surface area contributed by atoms with Crippen LogP contribution in [0.25, 0.3) is 0 Å². The van der Waals surface area contributed by atoms with E-state index in [1.54, 1.807) is 0 Å². The van der Waals surface area contributed by atoms with Crippen LogP contribution in [-0.4, -0.2) is 170 Å². The van der Waals surface area contributed by atoms with Crippen molar-refractivity contribution in [2.45, 2.75) is 165 Å². The van der Waals surface area contributed by atoms with Crippen molar-refractivity contribution >= 4 is 53.1 Å². The van der Waals surface area contributed by atoms with Gasteiger partial charge < -0.3 is 68.5 Å². The number of rotatable bonds is 36. The number of hydrogen-bond acceptors (Lipinski definition) is 15. The molecule has 13 N–H and O–H groups in total. The van der Waals surface area contributed by atoms with E-state index in [4.69, 9.17) is 5.11 Å². The van der Waals surface area contributed by atoms with Gasteiger partial charge in [0.05, 0.1) is 11.6 Å². The number of carbonyl (C=O) groups excluding carboxylic acids is 6. The Bertz CT molecular complexity index is 2260. The van der Waals surface area contributed by atoms with Crippen molar-refractivity contribution in [1.82, 2.24) is 53.2 Å². The summed E-state index contributed by atoms with van der Waals surface area (Å²) in [5, 5.41) is 59.4. The van der Waals surface area contributed by atoms with E-state index < -0.39 is 59.9 Å². The Hall–Kier alpha value is -6.17. The molecule has 81 heavy (non-hydrogen) atoms. The minimum Gasteiger partial charge on any atom is -0.481 e.